The molecule has 0 saturated heterocycles. The number of benzene rings is 2. The topological polar surface area (TPSA) is 45.4 Å². The Hall–Kier alpha value is -1.78. The Morgan fingerprint density at radius 2 is 1.81 bits per heavy atom. The van der Waals surface area contributed by atoms with E-state index in [2.05, 4.69) is 5.32 Å². The fourth-order valence-corrected chi connectivity index (χ4v) is 2.87. The first-order valence-electron chi connectivity index (χ1n) is 8.36. The first kappa shape index (κ1) is 20.5. The van der Waals surface area contributed by atoms with Gasteiger partial charge in [-0.05, 0) is 43.2 Å². The summed E-state index contributed by atoms with van der Waals surface area (Å²) in [6.45, 7) is 4.48. The molecule has 0 amide bonds. The molecule has 0 radical (unpaired) electrons. The Morgan fingerprint density at radius 1 is 1.08 bits per heavy atom. The summed E-state index contributed by atoms with van der Waals surface area (Å²) < 4.78 is 5.90. The zero-order valence-electron chi connectivity index (χ0n) is 14.8. The molecule has 0 aliphatic carbocycles. The lowest BCUT2D eigenvalue weighted by molar-refractivity contribution is 0.134. The molecule has 0 fully saturated rings. The van der Waals surface area contributed by atoms with Crippen LogP contribution in [0.4, 0.5) is 0 Å². The smallest absolute Gasteiger partial charge is 0.134 e. The average molecular weight is 392 g/mol. The van der Waals surface area contributed by atoms with Crippen LogP contribution in [0.3, 0.4) is 0 Å². The molecule has 2 N–H and O–H groups in total. The third kappa shape index (κ3) is 4.89. The number of rotatable bonds is 6. The molecule has 0 aliphatic rings. The molecule has 0 saturated carbocycles. The van der Waals surface area contributed by atoms with Crippen molar-refractivity contribution in [1.29, 1.82) is 0 Å². The number of furan rings is 1. The fraction of sp³-hybridized carbons (Fsp3) is 0.238. The van der Waals surface area contributed by atoms with Gasteiger partial charge in [-0.3, -0.25) is 0 Å². The predicted octanol–water partition coefficient (Wildman–Crippen LogP) is 5.54. The number of aliphatic hydroxyl groups is 1. The second-order valence-corrected chi connectivity index (χ2v) is 6.66. The van der Waals surface area contributed by atoms with Gasteiger partial charge in [0.05, 0.1) is 12.6 Å². The lowest BCUT2D eigenvalue weighted by atomic mass is 10.0. The largest absolute Gasteiger partial charge is 0.460 e. The van der Waals surface area contributed by atoms with Crippen molar-refractivity contribution in [2.75, 3.05) is 0 Å². The molecule has 0 spiro atoms. The summed E-state index contributed by atoms with van der Waals surface area (Å²) in [6, 6.07) is 19.3. The van der Waals surface area contributed by atoms with E-state index in [1.165, 1.54) is 0 Å². The SMILES string of the molecule is Cc1ccc(-c2ccc(CNC(C)C(O)c3ccccc3)o2)cc1Cl.Cl. The van der Waals surface area contributed by atoms with E-state index >= 15 is 0 Å². The van der Waals surface area contributed by atoms with Gasteiger partial charge in [-0.25, -0.2) is 0 Å². The molecule has 0 aliphatic heterocycles. The zero-order chi connectivity index (χ0) is 17.8. The maximum absolute atomic E-state index is 10.4. The highest BCUT2D eigenvalue weighted by Gasteiger charge is 2.16. The highest BCUT2D eigenvalue weighted by atomic mass is 35.5. The fourth-order valence-electron chi connectivity index (χ4n) is 2.69. The van der Waals surface area contributed by atoms with E-state index in [4.69, 9.17) is 16.0 Å². The third-order valence-electron chi connectivity index (χ3n) is 4.33. The Kier molecular flexibility index (Phi) is 7.30. The van der Waals surface area contributed by atoms with Gasteiger partial charge < -0.3 is 14.8 Å². The van der Waals surface area contributed by atoms with Crippen molar-refractivity contribution >= 4 is 24.0 Å². The molecule has 26 heavy (non-hydrogen) atoms. The van der Waals surface area contributed by atoms with Crippen LogP contribution in [-0.4, -0.2) is 11.1 Å². The van der Waals surface area contributed by atoms with Crippen molar-refractivity contribution in [3.63, 3.8) is 0 Å². The van der Waals surface area contributed by atoms with Gasteiger partial charge in [-0.1, -0.05) is 54.1 Å². The quantitative estimate of drug-likeness (QED) is 0.579. The predicted molar refractivity (Wildman–Crippen MR) is 109 cm³/mol. The van der Waals surface area contributed by atoms with Crippen molar-refractivity contribution in [2.45, 2.75) is 32.5 Å². The first-order chi connectivity index (χ1) is 12.0. The van der Waals surface area contributed by atoms with E-state index in [0.717, 1.165) is 33.2 Å². The van der Waals surface area contributed by atoms with Gasteiger partial charge in [0.15, 0.2) is 0 Å². The number of aliphatic hydroxyl groups excluding tert-OH is 1. The van der Waals surface area contributed by atoms with Gasteiger partial charge in [0.25, 0.3) is 0 Å². The number of nitrogens with one attached hydrogen (secondary N) is 1. The van der Waals surface area contributed by atoms with Gasteiger partial charge in [-0.15, -0.1) is 12.4 Å². The summed E-state index contributed by atoms with van der Waals surface area (Å²) in [4.78, 5) is 0. The van der Waals surface area contributed by atoms with E-state index in [0.29, 0.717) is 6.54 Å². The van der Waals surface area contributed by atoms with Gasteiger partial charge in [0.2, 0.25) is 0 Å². The lowest BCUT2D eigenvalue weighted by Gasteiger charge is -2.20. The molecule has 1 aromatic heterocycles. The van der Waals surface area contributed by atoms with E-state index < -0.39 is 6.10 Å². The summed E-state index contributed by atoms with van der Waals surface area (Å²) in [6.07, 6.45) is -0.563. The number of hydrogen-bond donors (Lipinski definition) is 2. The normalized spacial score (nSPS) is 13.1. The Balaban J connectivity index is 0.00000243. The molecule has 2 aromatic carbocycles. The van der Waals surface area contributed by atoms with Crippen LogP contribution in [0.25, 0.3) is 11.3 Å². The van der Waals surface area contributed by atoms with Gasteiger partial charge in [-0.2, -0.15) is 0 Å². The zero-order valence-corrected chi connectivity index (χ0v) is 16.3. The van der Waals surface area contributed by atoms with Crippen LogP contribution in [0.2, 0.25) is 5.02 Å². The van der Waals surface area contributed by atoms with E-state index in [1.54, 1.807) is 0 Å². The van der Waals surface area contributed by atoms with Crippen molar-refractivity contribution in [1.82, 2.24) is 5.32 Å². The molecule has 3 rings (SSSR count). The van der Waals surface area contributed by atoms with Crippen LogP contribution >= 0.6 is 24.0 Å². The van der Waals surface area contributed by atoms with Crippen LogP contribution in [0, 0.1) is 6.92 Å². The molecule has 5 heteroatoms. The monoisotopic (exact) mass is 391 g/mol. The molecule has 3 aromatic rings. The minimum Gasteiger partial charge on any atom is -0.460 e. The van der Waals surface area contributed by atoms with Crippen LogP contribution in [0.5, 0.6) is 0 Å². The number of hydrogen-bond acceptors (Lipinski definition) is 3. The molecule has 3 nitrogen and oxygen atoms in total. The molecular formula is C21H23Cl2NO2. The number of halogens is 2. The summed E-state index contributed by atoms with van der Waals surface area (Å²) in [5.41, 5.74) is 2.90. The molecule has 2 atom stereocenters. The summed E-state index contributed by atoms with van der Waals surface area (Å²) in [5, 5.41) is 14.4. The molecule has 2 unspecified atom stereocenters. The maximum Gasteiger partial charge on any atom is 0.134 e. The van der Waals surface area contributed by atoms with E-state index in [-0.39, 0.29) is 18.4 Å². The summed E-state index contributed by atoms with van der Waals surface area (Å²) in [7, 11) is 0. The van der Waals surface area contributed by atoms with Crippen LogP contribution in [0.1, 0.15) is 29.9 Å². The molecule has 1 heterocycles. The number of aryl methyl sites for hydroxylation is 1. The minimum atomic E-state index is -0.563. The van der Waals surface area contributed by atoms with Crippen molar-refractivity contribution in [3.05, 3.63) is 82.6 Å². The Bertz CT molecular complexity index is 833. The van der Waals surface area contributed by atoms with E-state index in [9.17, 15) is 5.11 Å². The van der Waals surface area contributed by atoms with Crippen LogP contribution < -0.4 is 5.32 Å². The molecule has 0 bridgehead atoms. The summed E-state index contributed by atoms with van der Waals surface area (Å²) in [5.74, 6) is 1.61. The molecular weight excluding hydrogens is 369 g/mol. The second-order valence-electron chi connectivity index (χ2n) is 6.26. The van der Waals surface area contributed by atoms with E-state index in [1.807, 2.05) is 74.5 Å². The highest BCUT2D eigenvalue weighted by Crippen LogP contribution is 2.27. The minimum absolute atomic E-state index is 0. The second kappa shape index (κ2) is 9.24. The standard InChI is InChI=1S/C21H22ClNO2.ClH/c1-14-8-9-17(12-19(14)22)20-11-10-18(25-20)13-23-15(2)21(24)16-6-4-3-5-7-16;/h3-12,15,21,23-24H,13H2,1-2H3;1H. The third-order valence-corrected chi connectivity index (χ3v) is 4.74. The van der Waals surface area contributed by atoms with Gasteiger partial charge in [0.1, 0.15) is 11.5 Å². The van der Waals surface area contributed by atoms with Crippen LogP contribution in [-0.2, 0) is 6.54 Å². The Labute approximate surface area is 165 Å². The van der Waals surface area contributed by atoms with Gasteiger partial charge in [0, 0.05) is 16.6 Å². The maximum atomic E-state index is 10.4. The highest BCUT2D eigenvalue weighted by molar-refractivity contribution is 6.31. The average Bonchev–Trinajstić information content (AvgIpc) is 3.11. The van der Waals surface area contributed by atoms with Crippen molar-refractivity contribution < 1.29 is 9.52 Å². The lowest BCUT2D eigenvalue weighted by Crippen LogP contribution is -2.31. The Morgan fingerprint density at radius 3 is 2.50 bits per heavy atom. The van der Waals surface area contributed by atoms with Gasteiger partial charge >= 0.3 is 0 Å². The summed E-state index contributed by atoms with van der Waals surface area (Å²) >= 11 is 6.18. The molecule has 138 valence electrons. The van der Waals surface area contributed by atoms with Crippen LogP contribution in [0.15, 0.2) is 65.1 Å². The first-order valence-corrected chi connectivity index (χ1v) is 8.74. The van der Waals surface area contributed by atoms with Crippen molar-refractivity contribution in [2.24, 2.45) is 0 Å². The van der Waals surface area contributed by atoms with Crippen molar-refractivity contribution in [3.8, 4) is 11.3 Å².